The van der Waals surface area contributed by atoms with E-state index in [1.807, 2.05) is 25.1 Å². The third-order valence-electron chi connectivity index (χ3n) is 5.48. The van der Waals surface area contributed by atoms with Crippen molar-refractivity contribution in [1.29, 1.82) is 5.26 Å². The number of ether oxygens (including phenoxy) is 1. The minimum absolute atomic E-state index is 0.165. The predicted octanol–water partition coefficient (Wildman–Crippen LogP) is 5.21. The Balaban J connectivity index is 1.71. The number of thioether (sulfide) groups is 1. The van der Waals surface area contributed by atoms with Gasteiger partial charge in [-0.3, -0.25) is 14.5 Å². The lowest BCUT2D eigenvalue weighted by molar-refractivity contribution is -0.117. The fourth-order valence-corrected chi connectivity index (χ4v) is 4.93. The highest BCUT2D eigenvalue weighted by molar-refractivity contribution is 8.05. The first-order chi connectivity index (χ1) is 16.9. The summed E-state index contributed by atoms with van der Waals surface area (Å²) in [6.45, 7) is 1.93. The zero-order valence-corrected chi connectivity index (χ0v) is 19.9. The molecule has 0 aromatic heterocycles. The van der Waals surface area contributed by atoms with E-state index in [2.05, 4.69) is 5.32 Å². The van der Waals surface area contributed by atoms with Crippen LogP contribution in [0.25, 0.3) is 0 Å². The minimum Gasteiger partial charge on any atom is -0.497 e. The monoisotopic (exact) mass is 487 g/mol. The van der Waals surface area contributed by atoms with Crippen molar-refractivity contribution in [3.05, 3.63) is 100 Å². The smallest absolute Gasteiger partial charge is 0.269 e. The Hall–Kier alpha value is -4.09. The van der Waals surface area contributed by atoms with E-state index >= 15 is 0 Å². The summed E-state index contributed by atoms with van der Waals surface area (Å²) >= 11 is 1.15. The lowest BCUT2D eigenvalue weighted by Gasteiger charge is -2.19. The second kappa shape index (κ2) is 10.5. The molecule has 0 bridgehead atoms. The van der Waals surface area contributed by atoms with Crippen LogP contribution in [0, 0.1) is 24.1 Å². The van der Waals surface area contributed by atoms with Gasteiger partial charge in [-0.25, -0.2) is 4.39 Å². The molecule has 3 aromatic carbocycles. The molecule has 0 radical (unpaired) electrons. The molecule has 35 heavy (non-hydrogen) atoms. The van der Waals surface area contributed by atoms with Gasteiger partial charge in [-0.15, -0.1) is 0 Å². The van der Waals surface area contributed by atoms with Crippen LogP contribution in [-0.4, -0.2) is 24.2 Å². The molecule has 1 saturated heterocycles. The molecule has 1 atom stereocenters. The molecule has 1 aliphatic rings. The Morgan fingerprint density at radius 1 is 1.09 bits per heavy atom. The maximum Gasteiger partial charge on any atom is 0.269 e. The summed E-state index contributed by atoms with van der Waals surface area (Å²) in [5.41, 5.74) is 2.70. The Morgan fingerprint density at radius 3 is 2.34 bits per heavy atom. The molecule has 1 fully saturated rings. The number of anilines is 2. The van der Waals surface area contributed by atoms with Crippen molar-refractivity contribution in [2.75, 3.05) is 17.3 Å². The van der Waals surface area contributed by atoms with E-state index in [1.54, 1.807) is 55.6 Å². The number of hydrogen-bond acceptors (Lipinski definition) is 5. The van der Waals surface area contributed by atoms with E-state index in [4.69, 9.17) is 4.74 Å². The number of nitriles is 1. The van der Waals surface area contributed by atoms with Gasteiger partial charge in [0.2, 0.25) is 5.91 Å². The van der Waals surface area contributed by atoms with E-state index in [-0.39, 0.29) is 22.3 Å². The van der Waals surface area contributed by atoms with Gasteiger partial charge in [0.25, 0.3) is 5.91 Å². The molecule has 8 heteroatoms. The summed E-state index contributed by atoms with van der Waals surface area (Å²) in [5, 5.41) is 12.3. The molecular weight excluding hydrogens is 465 g/mol. The Labute approximate surface area is 207 Å². The van der Waals surface area contributed by atoms with Crippen LogP contribution in [0.5, 0.6) is 5.75 Å². The minimum atomic E-state index is -0.604. The highest BCUT2D eigenvalue weighted by Gasteiger charge is 2.40. The fraction of sp³-hybridized carbons (Fsp3) is 0.148. The number of nitrogens with zero attached hydrogens (tertiary/aromatic N) is 2. The third-order valence-corrected chi connectivity index (χ3v) is 6.74. The summed E-state index contributed by atoms with van der Waals surface area (Å²) in [7, 11) is 1.54. The van der Waals surface area contributed by atoms with E-state index < -0.39 is 11.2 Å². The van der Waals surface area contributed by atoms with Crippen molar-refractivity contribution >= 4 is 35.0 Å². The predicted molar refractivity (Wildman–Crippen MR) is 134 cm³/mol. The molecule has 1 heterocycles. The number of aryl methyl sites for hydroxylation is 1. The largest absolute Gasteiger partial charge is 0.497 e. The number of nitrogens with one attached hydrogen (secondary N) is 1. The Morgan fingerprint density at radius 2 is 1.74 bits per heavy atom. The van der Waals surface area contributed by atoms with Crippen LogP contribution in [0.3, 0.4) is 0 Å². The lowest BCUT2D eigenvalue weighted by atomic mass is 10.1. The van der Waals surface area contributed by atoms with Crippen molar-refractivity contribution in [1.82, 2.24) is 0 Å². The van der Waals surface area contributed by atoms with Crippen LogP contribution in [-0.2, 0) is 16.0 Å². The van der Waals surface area contributed by atoms with Gasteiger partial charge < -0.3 is 10.1 Å². The van der Waals surface area contributed by atoms with Crippen molar-refractivity contribution in [2.45, 2.75) is 18.6 Å². The number of hydrogen-bond donors (Lipinski definition) is 1. The Kier molecular flexibility index (Phi) is 7.18. The number of rotatable bonds is 6. The summed E-state index contributed by atoms with van der Waals surface area (Å²) in [6, 6.07) is 21.9. The van der Waals surface area contributed by atoms with Gasteiger partial charge >= 0.3 is 0 Å². The average molecular weight is 488 g/mol. The van der Waals surface area contributed by atoms with Gasteiger partial charge in [-0.1, -0.05) is 41.6 Å². The second-order valence-corrected chi connectivity index (χ2v) is 9.11. The molecule has 1 aliphatic heterocycles. The highest BCUT2D eigenvalue weighted by atomic mass is 32.2. The molecule has 1 N–H and O–H groups in total. The number of carbonyl (C=O) groups is 2. The molecule has 0 spiro atoms. The number of amides is 2. The summed E-state index contributed by atoms with van der Waals surface area (Å²) in [6.07, 6.45) is 0.318. The van der Waals surface area contributed by atoms with Crippen LogP contribution in [0.1, 0.15) is 11.1 Å². The number of carbonyl (C=O) groups excluding carboxylic acids is 2. The zero-order chi connectivity index (χ0) is 24.9. The molecule has 1 unspecified atom stereocenters. The molecular formula is C27H22FN3O3S. The first-order valence-corrected chi connectivity index (χ1v) is 11.7. The van der Waals surface area contributed by atoms with Crippen molar-refractivity contribution < 1.29 is 18.7 Å². The third kappa shape index (κ3) is 5.36. The molecule has 0 aliphatic carbocycles. The van der Waals surface area contributed by atoms with Crippen LogP contribution in [0.2, 0.25) is 0 Å². The second-order valence-electron chi connectivity index (χ2n) is 7.92. The van der Waals surface area contributed by atoms with Crippen LogP contribution in [0.4, 0.5) is 15.8 Å². The molecule has 0 saturated carbocycles. The quantitative estimate of drug-likeness (QED) is 0.381. The molecule has 176 valence electrons. The van der Waals surface area contributed by atoms with E-state index in [0.717, 1.165) is 22.9 Å². The van der Waals surface area contributed by atoms with E-state index in [1.165, 1.54) is 17.0 Å². The number of halogens is 1. The van der Waals surface area contributed by atoms with Gasteiger partial charge in [0.15, 0.2) is 0 Å². The number of benzene rings is 3. The van der Waals surface area contributed by atoms with Crippen molar-refractivity contribution in [3.63, 3.8) is 0 Å². The summed E-state index contributed by atoms with van der Waals surface area (Å²) in [4.78, 5) is 28.0. The molecule has 3 aromatic rings. The van der Waals surface area contributed by atoms with Crippen LogP contribution >= 0.6 is 11.8 Å². The summed E-state index contributed by atoms with van der Waals surface area (Å²) < 4.78 is 18.6. The molecule has 6 nitrogen and oxygen atoms in total. The first-order valence-electron chi connectivity index (χ1n) is 10.8. The molecule has 2 amide bonds. The fourth-order valence-electron chi connectivity index (χ4n) is 3.62. The van der Waals surface area contributed by atoms with Crippen LogP contribution < -0.4 is 15.0 Å². The van der Waals surface area contributed by atoms with E-state index in [9.17, 15) is 19.2 Å². The van der Waals surface area contributed by atoms with Crippen LogP contribution in [0.15, 0.2) is 83.4 Å². The zero-order valence-electron chi connectivity index (χ0n) is 19.1. The maximum atomic E-state index is 13.5. The lowest BCUT2D eigenvalue weighted by Crippen LogP contribution is -2.30. The SMILES string of the molecule is COc1ccc(N2C(=O)C(Cc3ccc(F)cc3)S/C2=C(/C#N)C(=O)Nc2ccc(C)cc2)cc1. The Bertz CT molecular complexity index is 1310. The normalized spacial score (nSPS) is 16.6. The molecule has 4 rings (SSSR count). The van der Waals surface area contributed by atoms with Crippen molar-refractivity contribution in [2.24, 2.45) is 0 Å². The van der Waals surface area contributed by atoms with Gasteiger partial charge in [0.05, 0.1) is 12.4 Å². The average Bonchev–Trinajstić information content (AvgIpc) is 3.17. The van der Waals surface area contributed by atoms with Gasteiger partial charge in [-0.2, -0.15) is 5.26 Å². The van der Waals surface area contributed by atoms with Gasteiger partial charge in [0.1, 0.15) is 28.2 Å². The maximum absolute atomic E-state index is 13.5. The van der Waals surface area contributed by atoms with E-state index in [0.29, 0.717) is 23.5 Å². The summed E-state index contributed by atoms with van der Waals surface area (Å²) in [5.74, 6) is -0.624. The van der Waals surface area contributed by atoms with Gasteiger partial charge in [0, 0.05) is 11.4 Å². The van der Waals surface area contributed by atoms with Crippen molar-refractivity contribution in [3.8, 4) is 11.8 Å². The number of methoxy groups -OCH3 is 1. The standard InChI is InChI=1S/C27H22FN3O3S/c1-17-3-9-20(10-4-17)30-25(32)23(16-29)27-31(21-11-13-22(34-2)14-12-21)26(33)24(35-27)15-18-5-7-19(28)8-6-18/h3-14,24H,15H2,1-2H3,(H,30,32)/b27-23-. The van der Waals surface area contributed by atoms with Gasteiger partial charge in [-0.05, 0) is 67.4 Å². The first kappa shape index (κ1) is 24.0. The highest BCUT2D eigenvalue weighted by Crippen LogP contribution is 2.42. The topological polar surface area (TPSA) is 82.4 Å².